The van der Waals surface area contributed by atoms with Gasteiger partial charge in [-0.25, -0.2) is 0 Å². The van der Waals surface area contributed by atoms with Crippen molar-refractivity contribution in [1.29, 1.82) is 0 Å². The molecule has 0 saturated carbocycles. The van der Waals surface area contributed by atoms with Gasteiger partial charge in [0, 0.05) is 25.0 Å². The van der Waals surface area contributed by atoms with Gasteiger partial charge in [-0.3, -0.25) is 14.6 Å². The molecule has 4 nitrogen and oxygen atoms in total. The van der Waals surface area contributed by atoms with E-state index in [0.29, 0.717) is 12.3 Å². The van der Waals surface area contributed by atoms with Gasteiger partial charge in [0.15, 0.2) is 5.78 Å². The smallest absolute Gasteiger partial charge is 0.152 e. The fraction of sp³-hybridized carbons (Fsp3) is 0.923. The summed E-state index contributed by atoms with van der Waals surface area (Å²) in [6, 6.07) is 0. The van der Waals surface area contributed by atoms with Crippen LogP contribution in [0, 0.1) is 5.41 Å². The third-order valence-corrected chi connectivity index (χ3v) is 3.30. The molecular weight excluding hydrogens is 216 g/mol. The van der Waals surface area contributed by atoms with E-state index < -0.39 is 0 Å². The van der Waals surface area contributed by atoms with Gasteiger partial charge in [0.05, 0.1) is 13.2 Å². The van der Waals surface area contributed by atoms with Crippen LogP contribution in [0.15, 0.2) is 0 Å². The van der Waals surface area contributed by atoms with E-state index in [-0.39, 0.29) is 12.0 Å². The molecule has 0 atom stereocenters. The largest absolute Gasteiger partial charge is 0.395 e. The van der Waals surface area contributed by atoms with Crippen LogP contribution in [0.2, 0.25) is 0 Å². The van der Waals surface area contributed by atoms with Crippen molar-refractivity contribution in [2.45, 2.75) is 27.2 Å². The average Bonchev–Trinajstić information content (AvgIpc) is 2.43. The maximum atomic E-state index is 12.0. The number of carbonyl (C=O) groups is 1. The van der Waals surface area contributed by atoms with Gasteiger partial charge in [-0.2, -0.15) is 0 Å². The van der Waals surface area contributed by atoms with E-state index >= 15 is 0 Å². The topological polar surface area (TPSA) is 43.8 Å². The maximum Gasteiger partial charge on any atom is 0.152 e. The predicted molar refractivity (Wildman–Crippen MR) is 69.0 cm³/mol. The van der Waals surface area contributed by atoms with E-state index in [0.717, 1.165) is 39.1 Å². The summed E-state index contributed by atoms with van der Waals surface area (Å²) < 4.78 is 0. The zero-order chi connectivity index (χ0) is 12.9. The monoisotopic (exact) mass is 242 g/mol. The Labute approximate surface area is 105 Å². The van der Waals surface area contributed by atoms with Crippen molar-refractivity contribution in [3.05, 3.63) is 0 Å². The number of aliphatic hydroxyl groups excluding tert-OH is 1. The Balaban J connectivity index is 2.39. The van der Waals surface area contributed by atoms with E-state index in [4.69, 9.17) is 5.11 Å². The number of β-amino-alcohol motifs (C(OH)–C–C–N with tert-alkyl or cyclic N) is 1. The second-order valence-corrected chi connectivity index (χ2v) is 5.87. The SMILES string of the molecule is CC(C)(C)C(=O)CN1CCCN(CCO)CC1. The van der Waals surface area contributed by atoms with E-state index in [1.54, 1.807) is 0 Å². The summed E-state index contributed by atoms with van der Waals surface area (Å²) in [6.45, 7) is 11.4. The van der Waals surface area contributed by atoms with Crippen LogP contribution >= 0.6 is 0 Å². The first-order valence-electron chi connectivity index (χ1n) is 6.52. The lowest BCUT2D eigenvalue weighted by atomic mass is 9.90. The first-order chi connectivity index (χ1) is 7.93. The Morgan fingerprint density at radius 1 is 1.12 bits per heavy atom. The maximum absolute atomic E-state index is 12.0. The minimum Gasteiger partial charge on any atom is -0.395 e. The summed E-state index contributed by atoms with van der Waals surface area (Å²) in [7, 11) is 0. The van der Waals surface area contributed by atoms with Crippen molar-refractivity contribution >= 4 is 5.78 Å². The average molecular weight is 242 g/mol. The summed E-state index contributed by atoms with van der Waals surface area (Å²) in [5.74, 6) is 0.313. The van der Waals surface area contributed by atoms with Gasteiger partial charge in [0.2, 0.25) is 0 Å². The van der Waals surface area contributed by atoms with Gasteiger partial charge in [0.25, 0.3) is 0 Å². The number of Topliss-reactive ketones (excluding diaryl/α,β-unsaturated/α-hetero) is 1. The molecule has 0 spiro atoms. The number of nitrogens with zero attached hydrogens (tertiary/aromatic N) is 2. The van der Waals surface area contributed by atoms with Crippen molar-refractivity contribution in [1.82, 2.24) is 9.80 Å². The highest BCUT2D eigenvalue weighted by atomic mass is 16.3. The lowest BCUT2D eigenvalue weighted by Gasteiger charge is -2.24. The molecule has 0 bridgehead atoms. The Bertz CT molecular complexity index is 248. The van der Waals surface area contributed by atoms with Crippen LogP contribution in [0.4, 0.5) is 0 Å². The lowest BCUT2D eigenvalue weighted by Crippen LogP contribution is -2.38. The third kappa shape index (κ3) is 5.15. The number of aliphatic hydroxyl groups is 1. The molecule has 17 heavy (non-hydrogen) atoms. The highest BCUT2D eigenvalue weighted by molar-refractivity contribution is 5.85. The van der Waals surface area contributed by atoms with Crippen LogP contribution in [-0.4, -0.2) is 66.6 Å². The first-order valence-corrected chi connectivity index (χ1v) is 6.52. The van der Waals surface area contributed by atoms with Gasteiger partial charge in [-0.1, -0.05) is 20.8 Å². The molecule has 0 amide bonds. The van der Waals surface area contributed by atoms with Crippen molar-refractivity contribution < 1.29 is 9.90 Å². The fourth-order valence-electron chi connectivity index (χ4n) is 1.99. The Hall–Kier alpha value is -0.450. The molecule has 1 fully saturated rings. The van der Waals surface area contributed by atoms with E-state index in [1.165, 1.54) is 0 Å². The van der Waals surface area contributed by atoms with Crippen LogP contribution in [0.25, 0.3) is 0 Å². The fourth-order valence-corrected chi connectivity index (χ4v) is 1.99. The number of hydrogen-bond donors (Lipinski definition) is 1. The molecule has 100 valence electrons. The second-order valence-electron chi connectivity index (χ2n) is 5.87. The van der Waals surface area contributed by atoms with Crippen LogP contribution in [0.3, 0.4) is 0 Å². The molecule has 1 aliphatic rings. The van der Waals surface area contributed by atoms with E-state index in [9.17, 15) is 4.79 Å². The molecule has 0 aromatic carbocycles. The Morgan fingerprint density at radius 3 is 2.29 bits per heavy atom. The summed E-state index contributed by atoms with van der Waals surface area (Å²) in [4.78, 5) is 16.5. The van der Waals surface area contributed by atoms with Crippen molar-refractivity contribution in [3.8, 4) is 0 Å². The van der Waals surface area contributed by atoms with Gasteiger partial charge >= 0.3 is 0 Å². The third-order valence-electron chi connectivity index (χ3n) is 3.30. The van der Waals surface area contributed by atoms with Crippen molar-refractivity contribution in [2.75, 3.05) is 45.9 Å². The molecule has 0 aliphatic carbocycles. The Morgan fingerprint density at radius 2 is 1.71 bits per heavy atom. The molecule has 0 radical (unpaired) electrons. The predicted octanol–water partition coefficient (Wildman–Crippen LogP) is 0.602. The molecule has 1 heterocycles. The van der Waals surface area contributed by atoms with E-state index in [1.807, 2.05) is 20.8 Å². The van der Waals surface area contributed by atoms with Crippen molar-refractivity contribution in [2.24, 2.45) is 5.41 Å². The molecular formula is C13H26N2O2. The molecule has 0 aromatic rings. The van der Waals surface area contributed by atoms with Crippen molar-refractivity contribution in [3.63, 3.8) is 0 Å². The standard InChI is InChI=1S/C13H26N2O2/c1-13(2,3)12(17)11-15-6-4-5-14(7-8-15)9-10-16/h16H,4-11H2,1-3H3. The summed E-state index contributed by atoms with van der Waals surface area (Å²) >= 11 is 0. The van der Waals surface area contributed by atoms with Crippen LogP contribution in [0.1, 0.15) is 27.2 Å². The summed E-state index contributed by atoms with van der Waals surface area (Å²) in [5.41, 5.74) is -0.239. The zero-order valence-corrected chi connectivity index (χ0v) is 11.4. The van der Waals surface area contributed by atoms with E-state index in [2.05, 4.69) is 9.80 Å². The summed E-state index contributed by atoms with van der Waals surface area (Å²) in [5, 5.41) is 8.92. The number of ketones is 1. The molecule has 0 unspecified atom stereocenters. The molecule has 1 aliphatic heterocycles. The number of carbonyl (C=O) groups excluding carboxylic acids is 1. The molecule has 1 N–H and O–H groups in total. The number of hydrogen-bond acceptors (Lipinski definition) is 4. The van der Waals surface area contributed by atoms with Crippen LogP contribution < -0.4 is 0 Å². The lowest BCUT2D eigenvalue weighted by molar-refractivity contribution is -0.127. The minimum absolute atomic E-state index is 0.223. The van der Waals surface area contributed by atoms with Gasteiger partial charge in [-0.15, -0.1) is 0 Å². The highest BCUT2D eigenvalue weighted by Gasteiger charge is 2.24. The van der Waals surface area contributed by atoms with Crippen LogP contribution in [-0.2, 0) is 4.79 Å². The molecule has 4 heteroatoms. The molecule has 1 rings (SSSR count). The second kappa shape index (κ2) is 6.47. The molecule has 1 saturated heterocycles. The first kappa shape index (κ1) is 14.6. The van der Waals surface area contributed by atoms with Crippen LogP contribution in [0.5, 0.6) is 0 Å². The van der Waals surface area contributed by atoms with Gasteiger partial charge < -0.3 is 5.11 Å². The summed E-state index contributed by atoms with van der Waals surface area (Å²) in [6.07, 6.45) is 1.08. The van der Waals surface area contributed by atoms with Gasteiger partial charge in [0.1, 0.15) is 0 Å². The normalized spacial score (nSPS) is 20.2. The quantitative estimate of drug-likeness (QED) is 0.784. The van der Waals surface area contributed by atoms with Gasteiger partial charge in [-0.05, 0) is 19.5 Å². The highest BCUT2D eigenvalue weighted by Crippen LogP contribution is 2.15. The molecule has 0 aromatic heterocycles. The Kier molecular flexibility index (Phi) is 5.56. The minimum atomic E-state index is -0.239. The number of rotatable bonds is 4. The zero-order valence-electron chi connectivity index (χ0n) is 11.4.